The fourth-order valence-electron chi connectivity index (χ4n) is 3.19. The third-order valence-corrected chi connectivity index (χ3v) is 4.84. The summed E-state index contributed by atoms with van der Waals surface area (Å²) >= 11 is 0. The van der Waals surface area contributed by atoms with Gasteiger partial charge >= 0.3 is 6.18 Å². The molecule has 1 saturated heterocycles. The first-order valence-corrected chi connectivity index (χ1v) is 8.58. The number of amides is 1. The van der Waals surface area contributed by atoms with Gasteiger partial charge in [0.2, 0.25) is 11.6 Å². The van der Waals surface area contributed by atoms with Crippen LogP contribution in [0.1, 0.15) is 29.8 Å². The number of carbonyl (C=O) groups excluding carboxylic acids is 1. The van der Waals surface area contributed by atoms with E-state index in [1.54, 1.807) is 19.9 Å². The Bertz CT molecular complexity index is 947. The number of hydrogen-bond acceptors (Lipinski definition) is 4. The number of ether oxygens (including phenoxy) is 1. The molecule has 1 aliphatic rings. The second kappa shape index (κ2) is 6.95. The van der Waals surface area contributed by atoms with Crippen molar-refractivity contribution < 1.29 is 22.7 Å². The van der Waals surface area contributed by atoms with Crippen molar-refractivity contribution in [3.8, 4) is 0 Å². The number of nitrogens with zero attached hydrogens (tertiary/aromatic N) is 3. The van der Waals surface area contributed by atoms with E-state index < -0.39 is 29.4 Å². The van der Waals surface area contributed by atoms with Gasteiger partial charge in [0.05, 0.1) is 24.2 Å². The van der Waals surface area contributed by atoms with Gasteiger partial charge in [-0.05, 0) is 44.0 Å². The molecule has 1 aromatic carbocycles. The monoisotopic (exact) mass is 383 g/mol. The normalized spacial score (nSPS) is 16.6. The Morgan fingerprint density at radius 2 is 1.78 bits per heavy atom. The Balaban J connectivity index is 2.22. The lowest BCUT2D eigenvalue weighted by Crippen LogP contribution is -2.46. The summed E-state index contributed by atoms with van der Waals surface area (Å²) in [5.74, 6) is -0.417. The summed E-state index contributed by atoms with van der Waals surface area (Å²) in [6, 6.07) is 2.01. The van der Waals surface area contributed by atoms with E-state index in [-0.39, 0.29) is 11.0 Å². The fraction of sp³-hybridized carbons (Fsp3) is 0.500. The van der Waals surface area contributed by atoms with Crippen molar-refractivity contribution in [1.29, 1.82) is 0 Å². The zero-order valence-corrected chi connectivity index (χ0v) is 15.3. The predicted octanol–water partition coefficient (Wildman–Crippen LogP) is 2.45. The quantitative estimate of drug-likeness (QED) is 0.799. The number of morpholine rings is 1. The van der Waals surface area contributed by atoms with Crippen LogP contribution in [0.25, 0.3) is 11.0 Å². The summed E-state index contributed by atoms with van der Waals surface area (Å²) in [5.41, 5.74) is -1.03. The molecule has 1 unspecified atom stereocenters. The average Bonchev–Trinajstić information content (AvgIpc) is 2.61. The van der Waals surface area contributed by atoms with Gasteiger partial charge in [0, 0.05) is 13.1 Å². The van der Waals surface area contributed by atoms with E-state index in [0.29, 0.717) is 26.3 Å². The number of fused-ring (bicyclic) bond motifs is 1. The van der Waals surface area contributed by atoms with Crippen LogP contribution >= 0.6 is 0 Å². The first-order chi connectivity index (χ1) is 12.6. The molecule has 9 heteroatoms. The molecule has 1 amide bonds. The van der Waals surface area contributed by atoms with E-state index >= 15 is 0 Å². The standard InChI is InChI=1S/C18H20F3N3O3/c1-10-8-13-14(9-11(10)2)24(17(26)15(22-13)18(19,20)21)12(3)16(25)23-4-6-27-7-5-23/h8-9,12H,4-7H2,1-3H3. The maximum atomic E-state index is 13.4. The Hall–Kier alpha value is -2.42. The number of hydrogen-bond donors (Lipinski definition) is 0. The third kappa shape index (κ3) is 3.55. The molecule has 2 heterocycles. The van der Waals surface area contributed by atoms with Crippen LogP contribution in [0.3, 0.4) is 0 Å². The van der Waals surface area contributed by atoms with Crippen LogP contribution in [-0.4, -0.2) is 46.7 Å². The third-order valence-electron chi connectivity index (χ3n) is 4.84. The van der Waals surface area contributed by atoms with E-state index in [1.165, 1.54) is 17.9 Å². The maximum Gasteiger partial charge on any atom is 0.438 e. The minimum absolute atomic E-state index is 0.0339. The van der Waals surface area contributed by atoms with Gasteiger partial charge in [-0.25, -0.2) is 4.98 Å². The molecule has 1 atom stereocenters. The molecule has 146 valence electrons. The lowest BCUT2D eigenvalue weighted by atomic mass is 10.1. The second-order valence-corrected chi connectivity index (χ2v) is 6.67. The Labute approximate surface area is 153 Å². The molecule has 0 saturated carbocycles. The van der Waals surface area contributed by atoms with Crippen molar-refractivity contribution >= 4 is 16.9 Å². The number of alkyl halides is 3. The number of benzene rings is 1. The first kappa shape index (κ1) is 19.3. The van der Waals surface area contributed by atoms with Crippen LogP contribution in [-0.2, 0) is 15.7 Å². The minimum atomic E-state index is -4.91. The molecule has 2 aromatic rings. The molecule has 0 spiro atoms. The molecule has 1 fully saturated rings. The molecule has 1 aromatic heterocycles. The van der Waals surface area contributed by atoms with Crippen LogP contribution in [0.2, 0.25) is 0 Å². The second-order valence-electron chi connectivity index (χ2n) is 6.67. The average molecular weight is 383 g/mol. The highest BCUT2D eigenvalue weighted by molar-refractivity contribution is 5.84. The fourth-order valence-corrected chi connectivity index (χ4v) is 3.19. The molecule has 1 aliphatic heterocycles. The summed E-state index contributed by atoms with van der Waals surface area (Å²) in [6.07, 6.45) is -4.91. The first-order valence-electron chi connectivity index (χ1n) is 8.58. The summed E-state index contributed by atoms with van der Waals surface area (Å²) in [4.78, 5) is 30.5. The van der Waals surface area contributed by atoms with E-state index in [1.807, 2.05) is 0 Å². The van der Waals surface area contributed by atoms with Gasteiger partial charge in [0.1, 0.15) is 6.04 Å². The molecule has 6 nitrogen and oxygen atoms in total. The van der Waals surface area contributed by atoms with Gasteiger partial charge in [-0.1, -0.05) is 0 Å². The van der Waals surface area contributed by atoms with Crippen molar-refractivity contribution in [2.45, 2.75) is 33.0 Å². The van der Waals surface area contributed by atoms with E-state index in [4.69, 9.17) is 4.74 Å². The molecule has 3 rings (SSSR count). The highest BCUT2D eigenvalue weighted by Crippen LogP contribution is 2.28. The van der Waals surface area contributed by atoms with Crippen molar-refractivity contribution in [3.63, 3.8) is 0 Å². The van der Waals surface area contributed by atoms with Crippen molar-refractivity contribution in [3.05, 3.63) is 39.3 Å². The van der Waals surface area contributed by atoms with Gasteiger partial charge in [-0.15, -0.1) is 0 Å². The minimum Gasteiger partial charge on any atom is -0.378 e. The summed E-state index contributed by atoms with van der Waals surface area (Å²) in [6.45, 7) is 6.37. The largest absolute Gasteiger partial charge is 0.438 e. The Kier molecular flexibility index (Phi) is 4.98. The van der Waals surface area contributed by atoms with Crippen LogP contribution in [0.5, 0.6) is 0 Å². The van der Waals surface area contributed by atoms with Gasteiger partial charge in [0.25, 0.3) is 5.56 Å². The maximum absolute atomic E-state index is 13.4. The molecular formula is C18H20F3N3O3. The predicted molar refractivity (Wildman–Crippen MR) is 92.6 cm³/mol. The van der Waals surface area contributed by atoms with Gasteiger partial charge in [-0.3, -0.25) is 14.2 Å². The zero-order valence-electron chi connectivity index (χ0n) is 15.3. The molecule has 0 radical (unpaired) electrons. The number of halogens is 3. The van der Waals surface area contributed by atoms with Gasteiger partial charge < -0.3 is 9.64 Å². The molecule has 0 bridgehead atoms. The SMILES string of the molecule is Cc1cc2nc(C(F)(F)F)c(=O)n(C(C)C(=O)N3CCOCC3)c2cc1C. The lowest BCUT2D eigenvalue weighted by Gasteiger charge is -2.30. The van der Waals surface area contributed by atoms with Crippen LogP contribution in [0.15, 0.2) is 16.9 Å². The zero-order chi connectivity index (χ0) is 19.9. The van der Waals surface area contributed by atoms with Crippen LogP contribution in [0.4, 0.5) is 13.2 Å². The topological polar surface area (TPSA) is 64.4 Å². The number of carbonyl (C=O) groups is 1. The van der Waals surface area contributed by atoms with Crippen molar-refractivity contribution in [1.82, 2.24) is 14.5 Å². The Morgan fingerprint density at radius 1 is 1.19 bits per heavy atom. The summed E-state index contributed by atoms with van der Waals surface area (Å²) < 4.78 is 46.2. The van der Waals surface area contributed by atoms with Gasteiger partial charge in [0.15, 0.2) is 0 Å². The number of aromatic nitrogens is 2. The highest BCUT2D eigenvalue weighted by Gasteiger charge is 2.39. The van der Waals surface area contributed by atoms with E-state index in [0.717, 1.165) is 15.7 Å². The van der Waals surface area contributed by atoms with Crippen molar-refractivity contribution in [2.24, 2.45) is 0 Å². The van der Waals surface area contributed by atoms with Crippen LogP contribution < -0.4 is 5.56 Å². The van der Waals surface area contributed by atoms with Crippen molar-refractivity contribution in [2.75, 3.05) is 26.3 Å². The highest BCUT2D eigenvalue weighted by atomic mass is 19.4. The molecule has 27 heavy (non-hydrogen) atoms. The molecule has 0 aliphatic carbocycles. The summed E-state index contributed by atoms with van der Waals surface area (Å²) in [5, 5.41) is 0. The van der Waals surface area contributed by atoms with Gasteiger partial charge in [-0.2, -0.15) is 13.2 Å². The molecular weight excluding hydrogens is 363 g/mol. The van der Waals surface area contributed by atoms with Crippen LogP contribution in [0, 0.1) is 13.8 Å². The number of rotatable bonds is 2. The Morgan fingerprint density at radius 3 is 2.37 bits per heavy atom. The lowest BCUT2D eigenvalue weighted by molar-refractivity contribution is -0.143. The molecule has 0 N–H and O–H groups in total. The van der Waals surface area contributed by atoms with E-state index in [9.17, 15) is 22.8 Å². The number of aryl methyl sites for hydroxylation is 2. The smallest absolute Gasteiger partial charge is 0.378 e. The van der Waals surface area contributed by atoms with E-state index in [2.05, 4.69) is 4.98 Å². The summed E-state index contributed by atoms with van der Waals surface area (Å²) in [7, 11) is 0.